The Morgan fingerprint density at radius 3 is 2.68 bits per heavy atom. The third-order valence-electron chi connectivity index (χ3n) is 3.33. The molecule has 2 aromatic carbocycles. The molecule has 0 aliphatic heterocycles. The smallest absolute Gasteiger partial charge is 0.251 e. The predicted molar refractivity (Wildman–Crippen MR) is 100 cm³/mol. The maximum atomic E-state index is 12.0. The van der Waals surface area contributed by atoms with E-state index in [0.717, 1.165) is 5.56 Å². The second-order valence-corrected chi connectivity index (χ2v) is 5.56. The average molecular weight is 359 g/mol. The van der Waals surface area contributed by atoms with Crippen LogP contribution in [0.3, 0.4) is 0 Å². The van der Waals surface area contributed by atoms with Gasteiger partial charge in [0.05, 0.1) is 12.1 Å². The summed E-state index contributed by atoms with van der Waals surface area (Å²) in [5, 5.41) is 5.91. The number of amides is 2. The molecule has 0 bridgehead atoms. The Balaban J connectivity index is 2.03. The second-order valence-electron chi connectivity index (χ2n) is 5.16. The van der Waals surface area contributed by atoms with Crippen molar-refractivity contribution >= 4 is 35.2 Å². The average Bonchev–Trinajstić information content (AvgIpc) is 2.60. The molecule has 25 heavy (non-hydrogen) atoms. The van der Waals surface area contributed by atoms with Crippen molar-refractivity contribution in [3.63, 3.8) is 0 Å². The Labute approximate surface area is 151 Å². The lowest BCUT2D eigenvalue weighted by molar-refractivity contribution is -0.111. The number of ether oxygens (including phenoxy) is 1. The van der Waals surface area contributed by atoms with Gasteiger partial charge in [-0.3, -0.25) is 9.59 Å². The van der Waals surface area contributed by atoms with E-state index in [2.05, 4.69) is 10.6 Å². The molecule has 0 aliphatic carbocycles. The molecular formula is C19H19ClN2O3. The highest BCUT2D eigenvalue weighted by Gasteiger charge is 2.06. The van der Waals surface area contributed by atoms with Crippen LogP contribution in [-0.4, -0.2) is 25.5 Å². The molecule has 2 amide bonds. The first kappa shape index (κ1) is 18.5. The monoisotopic (exact) mass is 358 g/mol. The molecule has 0 aromatic heterocycles. The zero-order valence-corrected chi connectivity index (χ0v) is 14.8. The number of halogens is 1. The highest BCUT2D eigenvalue weighted by molar-refractivity contribution is 6.32. The van der Waals surface area contributed by atoms with Crippen molar-refractivity contribution in [1.82, 2.24) is 5.32 Å². The van der Waals surface area contributed by atoms with E-state index >= 15 is 0 Å². The van der Waals surface area contributed by atoms with Crippen LogP contribution in [0.25, 0.3) is 6.08 Å². The van der Waals surface area contributed by atoms with Gasteiger partial charge >= 0.3 is 0 Å². The number of benzene rings is 2. The van der Waals surface area contributed by atoms with Crippen molar-refractivity contribution in [3.8, 4) is 5.75 Å². The summed E-state index contributed by atoms with van der Waals surface area (Å²) in [4.78, 5) is 23.9. The molecule has 0 saturated carbocycles. The molecule has 5 nitrogen and oxygen atoms in total. The fraction of sp³-hybridized carbons (Fsp3) is 0.158. The van der Waals surface area contributed by atoms with E-state index in [1.807, 2.05) is 6.92 Å². The molecular weight excluding hydrogens is 340 g/mol. The number of anilines is 1. The number of carbonyl (C=O) groups is 2. The van der Waals surface area contributed by atoms with Gasteiger partial charge in [-0.1, -0.05) is 23.7 Å². The van der Waals surface area contributed by atoms with E-state index in [9.17, 15) is 9.59 Å². The van der Waals surface area contributed by atoms with Crippen molar-refractivity contribution in [3.05, 3.63) is 64.7 Å². The van der Waals surface area contributed by atoms with Crippen molar-refractivity contribution in [2.24, 2.45) is 0 Å². The fourth-order valence-electron chi connectivity index (χ4n) is 2.14. The molecule has 0 heterocycles. The Morgan fingerprint density at radius 1 is 1.20 bits per heavy atom. The Hall–Kier alpha value is -2.79. The summed E-state index contributed by atoms with van der Waals surface area (Å²) in [7, 11) is 1.54. The van der Waals surface area contributed by atoms with Crippen molar-refractivity contribution in [2.75, 3.05) is 19.0 Å². The molecule has 130 valence electrons. The molecule has 0 fully saturated rings. The molecule has 0 spiro atoms. The number of methoxy groups -OCH3 is 1. The van der Waals surface area contributed by atoms with Gasteiger partial charge in [0.15, 0.2) is 0 Å². The van der Waals surface area contributed by atoms with Crippen molar-refractivity contribution < 1.29 is 14.3 Å². The van der Waals surface area contributed by atoms with Crippen LogP contribution in [0.1, 0.15) is 22.8 Å². The van der Waals surface area contributed by atoms with Gasteiger partial charge in [0.25, 0.3) is 5.91 Å². The van der Waals surface area contributed by atoms with Crippen LogP contribution >= 0.6 is 11.6 Å². The molecule has 2 aromatic rings. The summed E-state index contributed by atoms with van der Waals surface area (Å²) < 4.78 is 5.08. The molecule has 0 radical (unpaired) electrons. The van der Waals surface area contributed by atoms with Gasteiger partial charge in [-0.05, 0) is 48.9 Å². The first-order valence-corrected chi connectivity index (χ1v) is 8.12. The van der Waals surface area contributed by atoms with Crippen LogP contribution in [0.5, 0.6) is 5.75 Å². The highest BCUT2D eigenvalue weighted by atomic mass is 35.5. The molecule has 0 aliphatic rings. The summed E-state index contributed by atoms with van der Waals surface area (Å²) >= 11 is 6.05. The van der Waals surface area contributed by atoms with Crippen LogP contribution in [0.2, 0.25) is 5.02 Å². The van der Waals surface area contributed by atoms with E-state index < -0.39 is 0 Å². The third kappa shape index (κ3) is 5.36. The lowest BCUT2D eigenvalue weighted by atomic mass is 10.2. The van der Waals surface area contributed by atoms with Crippen LogP contribution in [0.15, 0.2) is 48.5 Å². The topological polar surface area (TPSA) is 67.4 Å². The maximum Gasteiger partial charge on any atom is 0.251 e. The lowest BCUT2D eigenvalue weighted by Crippen LogP contribution is -2.22. The largest absolute Gasteiger partial charge is 0.495 e. The molecule has 0 saturated heterocycles. The summed E-state index contributed by atoms with van der Waals surface area (Å²) in [5.74, 6) is 0.0902. The quantitative estimate of drug-likeness (QED) is 0.773. The maximum absolute atomic E-state index is 12.0. The molecule has 2 rings (SSSR count). The normalized spacial score (nSPS) is 10.5. The molecule has 0 unspecified atom stereocenters. The summed E-state index contributed by atoms with van der Waals surface area (Å²) in [6, 6.07) is 12.0. The Kier molecular flexibility index (Phi) is 6.60. The minimum atomic E-state index is -0.306. The summed E-state index contributed by atoms with van der Waals surface area (Å²) in [6.45, 7) is 2.39. The fourth-order valence-corrected chi connectivity index (χ4v) is 2.41. The number of hydrogen-bond acceptors (Lipinski definition) is 3. The minimum Gasteiger partial charge on any atom is -0.495 e. The highest BCUT2D eigenvalue weighted by Crippen LogP contribution is 2.25. The van der Waals surface area contributed by atoms with Gasteiger partial charge in [0.1, 0.15) is 5.75 Å². The van der Waals surface area contributed by atoms with E-state index in [-0.39, 0.29) is 11.8 Å². The van der Waals surface area contributed by atoms with Gasteiger partial charge in [-0.2, -0.15) is 0 Å². The van der Waals surface area contributed by atoms with E-state index in [1.54, 1.807) is 55.7 Å². The van der Waals surface area contributed by atoms with Crippen LogP contribution < -0.4 is 15.4 Å². The predicted octanol–water partition coefficient (Wildman–Crippen LogP) is 3.75. The minimum absolute atomic E-state index is 0.179. The van der Waals surface area contributed by atoms with Crippen LogP contribution in [0, 0.1) is 0 Å². The van der Waals surface area contributed by atoms with E-state index in [1.165, 1.54) is 6.08 Å². The molecule has 0 atom stereocenters. The Morgan fingerprint density at radius 2 is 2.00 bits per heavy atom. The first-order valence-electron chi connectivity index (χ1n) is 7.74. The van der Waals surface area contributed by atoms with Gasteiger partial charge in [0, 0.05) is 23.9 Å². The first-order chi connectivity index (χ1) is 12.0. The number of hydrogen-bond donors (Lipinski definition) is 2. The van der Waals surface area contributed by atoms with Gasteiger partial charge in [-0.25, -0.2) is 0 Å². The van der Waals surface area contributed by atoms with Gasteiger partial charge in [0.2, 0.25) is 5.91 Å². The number of carbonyl (C=O) groups excluding carboxylic acids is 2. The van der Waals surface area contributed by atoms with Gasteiger partial charge < -0.3 is 15.4 Å². The third-order valence-corrected chi connectivity index (χ3v) is 3.63. The van der Waals surface area contributed by atoms with Crippen LogP contribution in [-0.2, 0) is 4.79 Å². The number of nitrogens with one attached hydrogen (secondary N) is 2. The van der Waals surface area contributed by atoms with Gasteiger partial charge in [-0.15, -0.1) is 0 Å². The van der Waals surface area contributed by atoms with Crippen molar-refractivity contribution in [1.29, 1.82) is 0 Å². The van der Waals surface area contributed by atoms with E-state index in [4.69, 9.17) is 16.3 Å². The molecule has 6 heteroatoms. The second kappa shape index (κ2) is 8.89. The van der Waals surface area contributed by atoms with Crippen molar-refractivity contribution in [2.45, 2.75) is 6.92 Å². The zero-order valence-electron chi connectivity index (χ0n) is 14.0. The lowest BCUT2D eigenvalue weighted by Gasteiger charge is -2.06. The van der Waals surface area contributed by atoms with E-state index in [0.29, 0.717) is 28.6 Å². The number of rotatable bonds is 6. The summed E-state index contributed by atoms with van der Waals surface area (Å²) in [5.41, 5.74) is 1.81. The standard InChI is InChI=1S/C19H19ClN2O3/c1-3-21-19(24)14-5-4-6-15(12-14)22-18(23)10-8-13-7-9-17(25-2)16(20)11-13/h4-12H,3H2,1-2H3,(H,21,24)(H,22,23). The summed E-state index contributed by atoms with van der Waals surface area (Å²) in [6.07, 6.45) is 3.05. The Bertz CT molecular complexity index is 803. The van der Waals surface area contributed by atoms with Crippen LogP contribution in [0.4, 0.5) is 5.69 Å². The molecule has 2 N–H and O–H groups in total. The zero-order chi connectivity index (χ0) is 18.2. The SMILES string of the molecule is CCNC(=O)c1cccc(NC(=O)C=Cc2ccc(OC)c(Cl)c2)c1.